The fourth-order valence-electron chi connectivity index (χ4n) is 3.51. The minimum absolute atomic E-state index is 0.144. The van der Waals surface area contributed by atoms with Crippen LogP contribution in [0.2, 0.25) is 0 Å². The van der Waals surface area contributed by atoms with Gasteiger partial charge in [0.1, 0.15) is 5.54 Å². The molecule has 0 aliphatic carbocycles. The molecule has 2 rings (SSSR count). The lowest BCUT2D eigenvalue weighted by Crippen LogP contribution is -2.50. The van der Waals surface area contributed by atoms with E-state index in [4.69, 9.17) is 4.74 Å². The van der Waals surface area contributed by atoms with Crippen LogP contribution in [0, 0.1) is 0 Å². The monoisotopic (exact) mass is 381 g/mol. The second kappa shape index (κ2) is 11.7. The SMILES string of the molecule is CCCCCCC[C@@](NCc1ccccc1)(C(=O)OC(C)C)c1ccccc1. The van der Waals surface area contributed by atoms with Gasteiger partial charge in [-0.1, -0.05) is 99.7 Å². The molecular formula is C25H35NO2. The van der Waals surface area contributed by atoms with E-state index in [1.807, 2.05) is 62.4 Å². The van der Waals surface area contributed by atoms with E-state index in [1.165, 1.54) is 19.3 Å². The molecule has 3 nitrogen and oxygen atoms in total. The van der Waals surface area contributed by atoms with Gasteiger partial charge in [0.15, 0.2) is 0 Å². The maximum Gasteiger partial charge on any atom is 0.331 e. The van der Waals surface area contributed by atoms with Crippen LogP contribution in [-0.2, 0) is 21.6 Å². The Morgan fingerprint density at radius 3 is 2.14 bits per heavy atom. The smallest absolute Gasteiger partial charge is 0.331 e. The summed E-state index contributed by atoms with van der Waals surface area (Å²) in [5, 5.41) is 3.59. The Kier molecular flexibility index (Phi) is 9.22. The zero-order valence-corrected chi connectivity index (χ0v) is 17.6. The minimum atomic E-state index is -0.826. The number of unbranched alkanes of at least 4 members (excludes halogenated alkanes) is 4. The third kappa shape index (κ3) is 6.49. The highest BCUT2D eigenvalue weighted by Gasteiger charge is 2.41. The van der Waals surface area contributed by atoms with Gasteiger partial charge >= 0.3 is 5.97 Å². The van der Waals surface area contributed by atoms with Crippen molar-refractivity contribution in [1.82, 2.24) is 5.32 Å². The van der Waals surface area contributed by atoms with E-state index in [2.05, 4.69) is 24.4 Å². The molecule has 152 valence electrons. The summed E-state index contributed by atoms with van der Waals surface area (Å²) in [6.07, 6.45) is 6.37. The molecular weight excluding hydrogens is 346 g/mol. The molecule has 0 heterocycles. The summed E-state index contributed by atoms with van der Waals surface area (Å²) in [5.41, 5.74) is 1.31. The van der Waals surface area contributed by atoms with Gasteiger partial charge in [-0.15, -0.1) is 0 Å². The van der Waals surface area contributed by atoms with Crippen LogP contribution in [0.1, 0.15) is 70.4 Å². The number of carbonyl (C=O) groups is 1. The molecule has 0 unspecified atom stereocenters. The van der Waals surface area contributed by atoms with E-state index in [0.29, 0.717) is 6.54 Å². The number of hydrogen-bond donors (Lipinski definition) is 1. The molecule has 0 fully saturated rings. The zero-order valence-electron chi connectivity index (χ0n) is 17.6. The standard InChI is InChI=1S/C25H35NO2/c1-4-5-6-7-14-19-25(24(27)28-21(2)3,23-17-12-9-13-18-23)26-20-22-15-10-8-11-16-22/h8-13,15-18,21,26H,4-7,14,19-20H2,1-3H3/t25-/m0/s1. The summed E-state index contributed by atoms with van der Waals surface area (Å²) in [6.45, 7) is 6.66. The lowest BCUT2D eigenvalue weighted by molar-refractivity contribution is -0.157. The quantitative estimate of drug-likeness (QED) is 0.363. The van der Waals surface area contributed by atoms with Gasteiger partial charge in [-0.2, -0.15) is 0 Å². The van der Waals surface area contributed by atoms with Crippen LogP contribution in [0.15, 0.2) is 60.7 Å². The zero-order chi connectivity index (χ0) is 20.2. The topological polar surface area (TPSA) is 38.3 Å². The number of esters is 1. The fourth-order valence-corrected chi connectivity index (χ4v) is 3.51. The third-order valence-electron chi connectivity index (χ3n) is 5.05. The Morgan fingerprint density at radius 2 is 1.54 bits per heavy atom. The Balaban J connectivity index is 2.28. The Hall–Kier alpha value is -2.13. The van der Waals surface area contributed by atoms with E-state index in [1.54, 1.807) is 0 Å². The molecule has 0 saturated carbocycles. The van der Waals surface area contributed by atoms with Crippen molar-refractivity contribution in [3.8, 4) is 0 Å². The lowest BCUT2D eigenvalue weighted by atomic mass is 9.84. The first kappa shape index (κ1) is 22.2. The Bertz CT molecular complexity index is 684. The van der Waals surface area contributed by atoms with Crippen molar-refractivity contribution in [2.24, 2.45) is 0 Å². The van der Waals surface area contributed by atoms with Gasteiger partial charge in [0.05, 0.1) is 6.10 Å². The molecule has 3 heteroatoms. The van der Waals surface area contributed by atoms with E-state index >= 15 is 0 Å². The largest absolute Gasteiger partial charge is 0.461 e. The van der Waals surface area contributed by atoms with Crippen LogP contribution in [0.25, 0.3) is 0 Å². The number of nitrogens with one attached hydrogen (secondary N) is 1. The van der Waals surface area contributed by atoms with Crippen molar-refractivity contribution in [3.63, 3.8) is 0 Å². The van der Waals surface area contributed by atoms with Crippen LogP contribution < -0.4 is 5.32 Å². The van der Waals surface area contributed by atoms with Crippen molar-refractivity contribution in [2.75, 3.05) is 0 Å². The van der Waals surface area contributed by atoms with Crippen LogP contribution in [0.3, 0.4) is 0 Å². The van der Waals surface area contributed by atoms with E-state index in [0.717, 1.165) is 30.4 Å². The van der Waals surface area contributed by atoms with Crippen LogP contribution >= 0.6 is 0 Å². The number of hydrogen-bond acceptors (Lipinski definition) is 3. The maximum atomic E-state index is 13.3. The molecule has 0 bridgehead atoms. The molecule has 0 aliphatic rings. The highest BCUT2D eigenvalue weighted by atomic mass is 16.5. The van der Waals surface area contributed by atoms with Crippen molar-refractivity contribution in [2.45, 2.75) is 77.5 Å². The first-order valence-electron chi connectivity index (χ1n) is 10.6. The van der Waals surface area contributed by atoms with Gasteiger partial charge in [0, 0.05) is 6.54 Å². The number of rotatable bonds is 12. The lowest BCUT2D eigenvalue weighted by Gasteiger charge is -2.34. The fraction of sp³-hybridized carbons (Fsp3) is 0.480. The summed E-state index contributed by atoms with van der Waals surface area (Å²) in [4.78, 5) is 13.3. The predicted octanol–water partition coefficient (Wildman–Crippen LogP) is 5.98. The van der Waals surface area contributed by atoms with Crippen molar-refractivity contribution in [1.29, 1.82) is 0 Å². The molecule has 28 heavy (non-hydrogen) atoms. The molecule has 0 spiro atoms. The summed E-state index contributed by atoms with van der Waals surface area (Å²) in [5.74, 6) is -0.180. The number of benzene rings is 2. The predicted molar refractivity (Wildman–Crippen MR) is 116 cm³/mol. The summed E-state index contributed by atoms with van der Waals surface area (Å²) < 4.78 is 5.74. The van der Waals surface area contributed by atoms with Gasteiger partial charge in [-0.25, -0.2) is 4.79 Å². The first-order chi connectivity index (χ1) is 13.6. The van der Waals surface area contributed by atoms with Crippen LogP contribution in [-0.4, -0.2) is 12.1 Å². The minimum Gasteiger partial charge on any atom is -0.461 e. The Labute approximate surface area is 170 Å². The highest BCUT2D eigenvalue weighted by molar-refractivity contribution is 5.82. The molecule has 0 radical (unpaired) electrons. The summed E-state index contributed by atoms with van der Waals surface area (Å²) in [6, 6.07) is 20.3. The van der Waals surface area contributed by atoms with Crippen LogP contribution in [0.4, 0.5) is 0 Å². The number of ether oxygens (including phenoxy) is 1. The van der Waals surface area contributed by atoms with E-state index in [9.17, 15) is 4.79 Å². The second-order valence-electron chi connectivity index (χ2n) is 7.73. The molecule has 1 N–H and O–H groups in total. The van der Waals surface area contributed by atoms with Gasteiger partial charge in [0.25, 0.3) is 0 Å². The normalized spacial score (nSPS) is 13.3. The molecule has 2 aromatic rings. The van der Waals surface area contributed by atoms with Gasteiger partial charge in [0.2, 0.25) is 0 Å². The molecule has 0 aromatic heterocycles. The molecule has 0 saturated heterocycles. The second-order valence-corrected chi connectivity index (χ2v) is 7.73. The van der Waals surface area contributed by atoms with Gasteiger partial charge < -0.3 is 4.74 Å². The molecule has 1 atom stereocenters. The van der Waals surface area contributed by atoms with Crippen molar-refractivity contribution >= 4 is 5.97 Å². The molecule has 2 aromatic carbocycles. The number of carbonyl (C=O) groups excluding carboxylic acids is 1. The summed E-state index contributed by atoms with van der Waals surface area (Å²) >= 11 is 0. The summed E-state index contributed by atoms with van der Waals surface area (Å²) in [7, 11) is 0. The average molecular weight is 382 g/mol. The first-order valence-corrected chi connectivity index (χ1v) is 10.6. The van der Waals surface area contributed by atoms with E-state index in [-0.39, 0.29) is 12.1 Å². The van der Waals surface area contributed by atoms with Crippen molar-refractivity contribution < 1.29 is 9.53 Å². The Morgan fingerprint density at radius 1 is 0.929 bits per heavy atom. The third-order valence-corrected chi connectivity index (χ3v) is 5.05. The van der Waals surface area contributed by atoms with Gasteiger partial charge in [-0.05, 0) is 31.4 Å². The van der Waals surface area contributed by atoms with Crippen LogP contribution in [0.5, 0.6) is 0 Å². The van der Waals surface area contributed by atoms with E-state index < -0.39 is 5.54 Å². The maximum absolute atomic E-state index is 13.3. The molecule has 0 amide bonds. The van der Waals surface area contributed by atoms with Crippen molar-refractivity contribution in [3.05, 3.63) is 71.8 Å². The highest BCUT2D eigenvalue weighted by Crippen LogP contribution is 2.31. The van der Waals surface area contributed by atoms with Gasteiger partial charge in [-0.3, -0.25) is 5.32 Å². The average Bonchev–Trinajstić information content (AvgIpc) is 2.71. The molecule has 0 aliphatic heterocycles.